The number of halogens is 1. The lowest BCUT2D eigenvalue weighted by molar-refractivity contribution is 0.327. The number of rotatable bonds is 4. The van der Waals surface area contributed by atoms with Gasteiger partial charge in [-0.1, -0.05) is 28.1 Å². The monoisotopic (exact) mass is 398 g/mol. The van der Waals surface area contributed by atoms with Crippen LogP contribution in [0.5, 0.6) is 5.75 Å². The highest BCUT2D eigenvalue weighted by Gasteiger charge is 2.23. The number of hydrogen-bond donors (Lipinski definition) is 0. The van der Waals surface area contributed by atoms with Crippen LogP contribution in [-0.2, 0) is 13.0 Å². The Bertz CT molecular complexity index is 914. The molecule has 0 spiro atoms. The van der Waals surface area contributed by atoms with Crippen LogP contribution in [0.3, 0.4) is 0 Å². The molecule has 1 aromatic heterocycles. The smallest absolute Gasteiger partial charge is 0.128 e. The minimum absolute atomic E-state index is 0.730. The largest absolute Gasteiger partial charge is 0.493 e. The molecular formula is C21H23BrN2O. The van der Waals surface area contributed by atoms with Crippen molar-refractivity contribution in [1.29, 1.82) is 0 Å². The SMILES string of the molecule is CN(C)CCCn1c2c(c3cc(Br)ccc31)CCOc1ccccc1-2. The fourth-order valence-electron chi connectivity index (χ4n) is 3.79. The van der Waals surface area contributed by atoms with Crippen LogP contribution < -0.4 is 4.74 Å². The average molecular weight is 399 g/mol. The Morgan fingerprint density at radius 1 is 1.16 bits per heavy atom. The highest BCUT2D eigenvalue weighted by atomic mass is 79.9. The van der Waals surface area contributed by atoms with E-state index in [4.69, 9.17) is 4.74 Å². The van der Waals surface area contributed by atoms with E-state index in [-0.39, 0.29) is 0 Å². The van der Waals surface area contributed by atoms with Gasteiger partial charge in [-0.2, -0.15) is 0 Å². The van der Waals surface area contributed by atoms with Gasteiger partial charge in [0.15, 0.2) is 0 Å². The first kappa shape index (κ1) is 16.7. The fraction of sp³-hybridized carbons (Fsp3) is 0.333. The molecule has 130 valence electrons. The van der Waals surface area contributed by atoms with E-state index in [1.807, 2.05) is 0 Å². The van der Waals surface area contributed by atoms with Crippen LogP contribution in [0.2, 0.25) is 0 Å². The van der Waals surface area contributed by atoms with Crippen LogP contribution in [0.15, 0.2) is 46.9 Å². The Labute approximate surface area is 157 Å². The third-order valence-electron chi connectivity index (χ3n) is 4.87. The van der Waals surface area contributed by atoms with Gasteiger partial charge in [0.2, 0.25) is 0 Å². The van der Waals surface area contributed by atoms with E-state index in [2.05, 4.69) is 82.0 Å². The van der Waals surface area contributed by atoms with E-state index in [1.165, 1.54) is 27.7 Å². The number of benzene rings is 2. The van der Waals surface area contributed by atoms with Crippen molar-refractivity contribution in [2.24, 2.45) is 0 Å². The average Bonchev–Trinajstić information content (AvgIpc) is 2.76. The van der Waals surface area contributed by atoms with E-state index >= 15 is 0 Å². The Hall–Kier alpha value is -1.78. The Balaban J connectivity index is 1.93. The van der Waals surface area contributed by atoms with Crippen molar-refractivity contribution in [2.75, 3.05) is 27.2 Å². The summed E-state index contributed by atoms with van der Waals surface area (Å²) in [5.74, 6) is 0.997. The lowest BCUT2D eigenvalue weighted by Gasteiger charge is -2.15. The number of ether oxygens (including phenoxy) is 1. The number of para-hydroxylation sites is 1. The molecule has 3 aromatic rings. The number of fused-ring (bicyclic) bond motifs is 5. The van der Waals surface area contributed by atoms with Gasteiger partial charge in [-0.3, -0.25) is 0 Å². The van der Waals surface area contributed by atoms with Gasteiger partial charge in [-0.25, -0.2) is 0 Å². The first-order chi connectivity index (χ1) is 12.1. The van der Waals surface area contributed by atoms with E-state index in [9.17, 15) is 0 Å². The quantitative estimate of drug-likeness (QED) is 0.617. The van der Waals surface area contributed by atoms with Crippen LogP contribution >= 0.6 is 15.9 Å². The predicted molar refractivity (Wildman–Crippen MR) is 107 cm³/mol. The zero-order valence-corrected chi connectivity index (χ0v) is 16.3. The van der Waals surface area contributed by atoms with Gasteiger partial charge in [0, 0.05) is 33.9 Å². The minimum atomic E-state index is 0.730. The molecule has 1 aliphatic heterocycles. The third-order valence-corrected chi connectivity index (χ3v) is 5.36. The summed E-state index contributed by atoms with van der Waals surface area (Å²) in [5, 5.41) is 1.34. The Kier molecular flexibility index (Phi) is 4.57. The van der Waals surface area contributed by atoms with Gasteiger partial charge in [0.05, 0.1) is 12.3 Å². The molecule has 0 fully saturated rings. The maximum absolute atomic E-state index is 6.03. The maximum atomic E-state index is 6.03. The summed E-state index contributed by atoms with van der Waals surface area (Å²) < 4.78 is 9.66. The van der Waals surface area contributed by atoms with E-state index < -0.39 is 0 Å². The summed E-state index contributed by atoms with van der Waals surface area (Å²) in [7, 11) is 4.27. The van der Waals surface area contributed by atoms with Crippen LogP contribution in [-0.4, -0.2) is 36.7 Å². The number of hydrogen-bond acceptors (Lipinski definition) is 2. The van der Waals surface area contributed by atoms with E-state index in [0.29, 0.717) is 0 Å². The molecule has 0 radical (unpaired) electrons. The van der Waals surface area contributed by atoms with Crippen LogP contribution in [0.4, 0.5) is 0 Å². The Morgan fingerprint density at radius 2 is 2.00 bits per heavy atom. The fourth-order valence-corrected chi connectivity index (χ4v) is 4.15. The predicted octanol–water partition coefficient (Wildman–Crippen LogP) is 4.96. The topological polar surface area (TPSA) is 17.4 Å². The second-order valence-electron chi connectivity index (χ2n) is 6.89. The summed E-state index contributed by atoms with van der Waals surface area (Å²) in [6.45, 7) is 2.83. The maximum Gasteiger partial charge on any atom is 0.128 e. The lowest BCUT2D eigenvalue weighted by Crippen LogP contribution is -2.15. The van der Waals surface area contributed by atoms with Crippen LogP contribution in [0, 0.1) is 0 Å². The van der Waals surface area contributed by atoms with Crippen molar-refractivity contribution in [2.45, 2.75) is 19.4 Å². The Morgan fingerprint density at radius 3 is 2.84 bits per heavy atom. The van der Waals surface area contributed by atoms with Crippen molar-refractivity contribution >= 4 is 26.8 Å². The number of aryl methyl sites for hydroxylation is 1. The molecule has 0 atom stereocenters. The van der Waals surface area contributed by atoms with E-state index in [0.717, 1.165) is 42.8 Å². The zero-order chi connectivity index (χ0) is 17.4. The first-order valence-electron chi connectivity index (χ1n) is 8.82. The number of nitrogens with zero attached hydrogens (tertiary/aromatic N) is 2. The molecule has 0 saturated carbocycles. The first-order valence-corrected chi connectivity index (χ1v) is 9.62. The van der Waals surface area contributed by atoms with Crippen LogP contribution in [0.25, 0.3) is 22.2 Å². The van der Waals surface area contributed by atoms with Crippen molar-refractivity contribution in [3.05, 3.63) is 52.5 Å². The third kappa shape index (κ3) is 3.09. The molecule has 0 bridgehead atoms. The standard InChI is InChI=1S/C21H23BrN2O/c1-23(2)11-5-12-24-19-9-8-15(22)14-18(19)16-10-13-25-20-7-4-3-6-17(20)21(16)24/h3-4,6-9,14H,5,10-13H2,1-2H3. The molecule has 3 nitrogen and oxygen atoms in total. The van der Waals surface area contributed by atoms with Crippen molar-refractivity contribution in [3.63, 3.8) is 0 Å². The molecule has 1 aliphatic rings. The highest BCUT2D eigenvalue weighted by molar-refractivity contribution is 9.10. The van der Waals surface area contributed by atoms with Gasteiger partial charge >= 0.3 is 0 Å². The van der Waals surface area contributed by atoms with Gasteiger partial charge in [0.1, 0.15) is 5.75 Å². The van der Waals surface area contributed by atoms with Gasteiger partial charge in [0.25, 0.3) is 0 Å². The van der Waals surface area contributed by atoms with Crippen molar-refractivity contribution in [3.8, 4) is 17.0 Å². The number of aromatic nitrogens is 1. The van der Waals surface area contributed by atoms with Crippen molar-refractivity contribution < 1.29 is 4.74 Å². The van der Waals surface area contributed by atoms with Crippen LogP contribution in [0.1, 0.15) is 12.0 Å². The molecule has 4 heteroatoms. The summed E-state index contributed by atoms with van der Waals surface area (Å²) in [6, 6.07) is 15.1. The van der Waals surface area contributed by atoms with Crippen molar-refractivity contribution in [1.82, 2.24) is 9.47 Å². The molecule has 2 aromatic carbocycles. The highest BCUT2D eigenvalue weighted by Crippen LogP contribution is 2.41. The van der Waals surface area contributed by atoms with Gasteiger partial charge in [-0.05, 0) is 63.0 Å². The summed E-state index contributed by atoms with van der Waals surface area (Å²) in [6.07, 6.45) is 2.07. The molecule has 25 heavy (non-hydrogen) atoms. The summed E-state index contributed by atoms with van der Waals surface area (Å²) in [5.41, 5.74) is 5.28. The molecule has 4 rings (SSSR count). The molecule has 0 saturated heterocycles. The second kappa shape index (κ2) is 6.85. The van der Waals surface area contributed by atoms with E-state index in [1.54, 1.807) is 0 Å². The zero-order valence-electron chi connectivity index (χ0n) is 14.8. The minimum Gasteiger partial charge on any atom is -0.493 e. The summed E-state index contributed by atoms with van der Waals surface area (Å²) >= 11 is 3.65. The molecular weight excluding hydrogens is 376 g/mol. The van der Waals surface area contributed by atoms with Gasteiger partial charge < -0.3 is 14.2 Å². The molecule has 0 unspecified atom stereocenters. The second-order valence-corrected chi connectivity index (χ2v) is 7.81. The van der Waals surface area contributed by atoms with Gasteiger partial charge in [-0.15, -0.1) is 0 Å². The molecule has 0 amide bonds. The molecule has 0 aliphatic carbocycles. The summed E-state index contributed by atoms with van der Waals surface area (Å²) in [4.78, 5) is 2.25. The molecule has 2 heterocycles. The lowest BCUT2D eigenvalue weighted by atomic mass is 10.0. The normalized spacial score (nSPS) is 13.4. The molecule has 0 N–H and O–H groups in total.